The highest BCUT2D eigenvalue weighted by Crippen LogP contribution is 2.19. The first-order valence-corrected chi connectivity index (χ1v) is 8.06. The standard InChI is InChI=1S/C11H17FN4O2S/c1-2-3-13-11-14-8-9(12)10(15-11)16-4-6-19(17,18)7-5-16/h8H,2-7H2,1H3,(H,13,14,15). The van der Waals surface area contributed by atoms with Gasteiger partial charge in [0.25, 0.3) is 0 Å². The van der Waals surface area contributed by atoms with E-state index < -0.39 is 15.7 Å². The molecule has 0 spiro atoms. The molecule has 0 radical (unpaired) electrons. The highest BCUT2D eigenvalue weighted by atomic mass is 32.2. The Bertz CT molecular complexity index is 536. The Morgan fingerprint density at radius 1 is 1.42 bits per heavy atom. The number of hydrogen-bond donors (Lipinski definition) is 1. The summed E-state index contributed by atoms with van der Waals surface area (Å²) in [6, 6.07) is 0. The molecule has 1 fully saturated rings. The van der Waals surface area contributed by atoms with Crippen LogP contribution in [0.25, 0.3) is 0 Å². The summed E-state index contributed by atoms with van der Waals surface area (Å²) in [5.41, 5.74) is 0. The third-order valence-electron chi connectivity index (χ3n) is 2.90. The summed E-state index contributed by atoms with van der Waals surface area (Å²) in [4.78, 5) is 9.62. The van der Waals surface area contributed by atoms with Crippen molar-refractivity contribution in [2.24, 2.45) is 0 Å². The first-order valence-electron chi connectivity index (χ1n) is 6.23. The molecule has 0 aromatic carbocycles. The molecule has 1 N–H and O–H groups in total. The van der Waals surface area contributed by atoms with Crippen molar-refractivity contribution in [2.75, 3.05) is 41.4 Å². The second-order valence-corrected chi connectivity index (χ2v) is 6.73. The third kappa shape index (κ3) is 3.52. The minimum absolute atomic E-state index is 0.0359. The molecule has 0 aliphatic carbocycles. The number of aromatic nitrogens is 2. The van der Waals surface area contributed by atoms with Crippen molar-refractivity contribution in [2.45, 2.75) is 13.3 Å². The van der Waals surface area contributed by atoms with Crippen LogP contribution in [-0.2, 0) is 9.84 Å². The zero-order valence-corrected chi connectivity index (χ0v) is 11.6. The molecular weight excluding hydrogens is 271 g/mol. The number of nitrogens with zero attached hydrogens (tertiary/aromatic N) is 3. The second-order valence-electron chi connectivity index (χ2n) is 4.43. The van der Waals surface area contributed by atoms with Crippen LogP contribution in [0.1, 0.15) is 13.3 Å². The molecular formula is C11H17FN4O2S. The molecule has 0 bridgehead atoms. The third-order valence-corrected chi connectivity index (χ3v) is 4.51. The molecule has 2 heterocycles. The molecule has 0 saturated carbocycles. The van der Waals surface area contributed by atoms with Gasteiger partial charge in [0.05, 0.1) is 17.7 Å². The van der Waals surface area contributed by atoms with Crippen LogP contribution in [0, 0.1) is 5.82 Å². The minimum atomic E-state index is -2.98. The maximum atomic E-state index is 13.7. The lowest BCUT2D eigenvalue weighted by molar-refractivity contribution is 0.577. The summed E-state index contributed by atoms with van der Waals surface area (Å²) in [7, 11) is -2.98. The van der Waals surface area contributed by atoms with E-state index in [2.05, 4.69) is 15.3 Å². The smallest absolute Gasteiger partial charge is 0.224 e. The number of nitrogens with one attached hydrogen (secondary N) is 1. The summed E-state index contributed by atoms with van der Waals surface area (Å²) in [6.07, 6.45) is 2.03. The molecule has 0 atom stereocenters. The van der Waals surface area contributed by atoms with Crippen molar-refractivity contribution < 1.29 is 12.8 Å². The van der Waals surface area contributed by atoms with Crippen molar-refractivity contribution >= 4 is 21.6 Å². The van der Waals surface area contributed by atoms with Crippen LogP contribution in [0.15, 0.2) is 6.20 Å². The van der Waals surface area contributed by atoms with Gasteiger partial charge in [-0.15, -0.1) is 0 Å². The Balaban J connectivity index is 2.15. The van der Waals surface area contributed by atoms with Crippen LogP contribution < -0.4 is 10.2 Å². The Morgan fingerprint density at radius 3 is 2.74 bits per heavy atom. The van der Waals surface area contributed by atoms with E-state index in [0.717, 1.165) is 12.6 Å². The fraction of sp³-hybridized carbons (Fsp3) is 0.636. The Kier molecular flexibility index (Phi) is 4.18. The van der Waals surface area contributed by atoms with Crippen molar-refractivity contribution in [3.05, 3.63) is 12.0 Å². The van der Waals surface area contributed by atoms with Crippen LogP contribution in [0.5, 0.6) is 0 Å². The molecule has 0 amide bonds. The lowest BCUT2D eigenvalue weighted by Crippen LogP contribution is -2.41. The van der Waals surface area contributed by atoms with Crippen LogP contribution in [0.4, 0.5) is 16.2 Å². The largest absolute Gasteiger partial charge is 0.354 e. The van der Waals surface area contributed by atoms with Crippen LogP contribution in [0.3, 0.4) is 0 Å². The predicted octanol–water partition coefficient (Wildman–Crippen LogP) is 0.672. The number of anilines is 2. The Labute approximate surface area is 112 Å². The van der Waals surface area contributed by atoms with Crippen LogP contribution >= 0.6 is 0 Å². The molecule has 1 aromatic rings. The van der Waals surface area contributed by atoms with Crippen LogP contribution in [-0.4, -0.2) is 49.5 Å². The molecule has 19 heavy (non-hydrogen) atoms. The molecule has 0 unspecified atom stereocenters. The highest BCUT2D eigenvalue weighted by molar-refractivity contribution is 7.91. The summed E-state index contributed by atoms with van der Waals surface area (Å²) in [5.74, 6) is 0.0824. The summed E-state index contributed by atoms with van der Waals surface area (Å²) >= 11 is 0. The SMILES string of the molecule is CCCNc1ncc(F)c(N2CCS(=O)(=O)CC2)n1. The Hall–Kier alpha value is -1.44. The van der Waals surface area contributed by atoms with Gasteiger partial charge in [-0.2, -0.15) is 4.98 Å². The summed E-state index contributed by atoms with van der Waals surface area (Å²) < 4.78 is 36.4. The number of halogens is 1. The van der Waals surface area contributed by atoms with Crippen molar-refractivity contribution in [3.63, 3.8) is 0 Å². The van der Waals surface area contributed by atoms with Gasteiger partial charge in [0, 0.05) is 19.6 Å². The van der Waals surface area contributed by atoms with E-state index in [1.807, 2.05) is 6.92 Å². The molecule has 1 aliphatic heterocycles. The highest BCUT2D eigenvalue weighted by Gasteiger charge is 2.24. The quantitative estimate of drug-likeness (QED) is 0.878. The van der Waals surface area contributed by atoms with Gasteiger partial charge in [-0.25, -0.2) is 17.8 Å². The van der Waals surface area contributed by atoms with Gasteiger partial charge in [0.15, 0.2) is 21.5 Å². The number of hydrogen-bond acceptors (Lipinski definition) is 6. The van der Waals surface area contributed by atoms with Gasteiger partial charge in [-0.1, -0.05) is 6.92 Å². The van der Waals surface area contributed by atoms with Crippen molar-refractivity contribution in [1.29, 1.82) is 0 Å². The average molecular weight is 288 g/mol. The first-order chi connectivity index (χ1) is 9.02. The monoisotopic (exact) mass is 288 g/mol. The number of sulfone groups is 1. The van der Waals surface area contributed by atoms with Gasteiger partial charge in [-0.05, 0) is 6.42 Å². The molecule has 1 aromatic heterocycles. The molecule has 2 rings (SSSR count). The fourth-order valence-corrected chi connectivity index (χ4v) is 3.03. The minimum Gasteiger partial charge on any atom is -0.354 e. The van der Waals surface area contributed by atoms with E-state index >= 15 is 0 Å². The lowest BCUT2D eigenvalue weighted by Gasteiger charge is -2.27. The maximum absolute atomic E-state index is 13.7. The molecule has 1 saturated heterocycles. The van der Waals surface area contributed by atoms with E-state index in [4.69, 9.17) is 0 Å². The van der Waals surface area contributed by atoms with Gasteiger partial charge in [0.1, 0.15) is 0 Å². The molecule has 1 aliphatic rings. The number of rotatable bonds is 4. The normalized spacial score (nSPS) is 18.3. The van der Waals surface area contributed by atoms with Crippen molar-refractivity contribution in [3.8, 4) is 0 Å². The maximum Gasteiger partial charge on any atom is 0.224 e. The summed E-state index contributed by atoms with van der Waals surface area (Å²) in [6.45, 7) is 3.25. The van der Waals surface area contributed by atoms with E-state index in [-0.39, 0.29) is 30.4 Å². The molecule has 106 valence electrons. The predicted molar refractivity (Wildman–Crippen MR) is 71.6 cm³/mol. The first kappa shape index (κ1) is 14.0. The second kappa shape index (κ2) is 5.68. The Morgan fingerprint density at radius 2 is 2.11 bits per heavy atom. The van der Waals surface area contributed by atoms with Gasteiger partial charge < -0.3 is 10.2 Å². The van der Waals surface area contributed by atoms with E-state index in [0.29, 0.717) is 12.5 Å². The molecule has 6 nitrogen and oxygen atoms in total. The van der Waals surface area contributed by atoms with Gasteiger partial charge >= 0.3 is 0 Å². The summed E-state index contributed by atoms with van der Waals surface area (Å²) in [5, 5.41) is 2.98. The van der Waals surface area contributed by atoms with Gasteiger partial charge in [-0.3, -0.25) is 0 Å². The van der Waals surface area contributed by atoms with E-state index in [9.17, 15) is 12.8 Å². The topological polar surface area (TPSA) is 75.2 Å². The van der Waals surface area contributed by atoms with E-state index in [1.54, 1.807) is 4.90 Å². The van der Waals surface area contributed by atoms with Crippen LogP contribution in [0.2, 0.25) is 0 Å². The average Bonchev–Trinajstić information content (AvgIpc) is 2.38. The molecule has 8 heteroatoms. The zero-order chi connectivity index (χ0) is 13.9. The fourth-order valence-electron chi connectivity index (χ4n) is 1.83. The van der Waals surface area contributed by atoms with E-state index in [1.165, 1.54) is 0 Å². The zero-order valence-electron chi connectivity index (χ0n) is 10.8. The van der Waals surface area contributed by atoms with Crippen molar-refractivity contribution in [1.82, 2.24) is 9.97 Å². The lowest BCUT2D eigenvalue weighted by atomic mass is 10.4. The van der Waals surface area contributed by atoms with Gasteiger partial charge in [0.2, 0.25) is 5.95 Å².